The molecule has 0 bridgehead atoms. The number of aliphatic hydroxyl groups excluding tert-OH is 1. The van der Waals surface area contributed by atoms with Crippen LogP contribution >= 0.6 is 0 Å². The Kier molecular flexibility index (Phi) is 7.89. The van der Waals surface area contributed by atoms with Crippen LogP contribution in [0.4, 0.5) is 4.39 Å². The molecule has 0 aliphatic rings. The molecule has 0 fully saturated rings. The molecule has 1 aromatic carbocycles. The Labute approximate surface area is 120 Å². The molecule has 1 rings (SSSR count). The molecule has 0 amide bonds. The molecule has 0 unspecified atom stereocenters. The summed E-state index contributed by atoms with van der Waals surface area (Å²) in [5.74, 6) is 5.38. The number of rotatable bonds is 7. The molecule has 0 radical (unpaired) electrons. The van der Waals surface area contributed by atoms with E-state index in [1.54, 1.807) is 13.2 Å². The van der Waals surface area contributed by atoms with Gasteiger partial charge in [0.2, 0.25) is 0 Å². The highest BCUT2D eigenvalue weighted by atomic mass is 19.1. The molecular formula is C16H22FNO2. The molecule has 4 heteroatoms. The van der Waals surface area contributed by atoms with E-state index in [2.05, 4.69) is 16.7 Å². The van der Waals surface area contributed by atoms with Crippen LogP contribution in [0.15, 0.2) is 18.2 Å². The first-order chi connectivity index (χ1) is 9.71. The minimum absolute atomic E-state index is 0.0263. The third-order valence-electron chi connectivity index (χ3n) is 2.98. The molecule has 1 aromatic rings. The SMILES string of the molecule is CCN(CCOC)Cc1ccc(C#CCCO)cc1F. The summed E-state index contributed by atoms with van der Waals surface area (Å²) in [6, 6.07) is 5.03. The van der Waals surface area contributed by atoms with Crippen molar-refractivity contribution < 1.29 is 14.2 Å². The molecule has 0 atom stereocenters. The number of methoxy groups -OCH3 is 1. The highest BCUT2D eigenvalue weighted by Crippen LogP contribution is 2.12. The van der Waals surface area contributed by atoms with Crippen molar-refractivity contribution in [1.29, 1.82) is 0 Å². The van der Waals surface area contributed by atoms with Gasteiger partial charge in [0.25, 0.3) is 0 Å². The van der Waals surface area contributed by atoms with E-state index in [4.69, 9.17) is 9.84 Å². The van der Waals surface area contributed by atoms with Gasteiger partial charge < -0.3 is 9.84 Å². The molecule has 0 saturated heterocycles. The summed E-state index contributed by atoms with van der Waals surface area (Å²) >= 11 is 0. The largest absolute Gasteiger partial charge is 0.395 e. The van der Waals surface area contributed by atoms with E-state index in [9.17, 15) is 4.39 Å². The monoisotopic (exact) mass is 279 g/mol. The minimum Gasteiger partial charge on any atom is -0.395 e. The van der Waals surface area contributed by atoms with Gasteiger partial charge in [0.05, 0.1) is 13.2 Å². The summed E-state index contributed by atoms with van der Waals surface area (Å²) in [6.07, 6.45) is 0.407. The fourth-order valence-electron chi connectivity index (χ4n) is 1.78. The lowest BCUT2D eigenvalue weighted by molar-refractivity contribution is 0.147. The smallest absolute Gasteiger partial charge is 0.128 e. The molecular weight excluding hydrogens is 257 g/mol. The zero-order chi connectivity index (χ0) is 14.8. The van der Waals surface area contributed by atoms with Gasteiger partial charge in [0.1, 0.15) is 5.82 Å². The molecule has 110 valence electrons. The number of benzene rings is 1. The first-order valence-corrected chi connectivity index (χ1v) is 6.80. The Bertz CT molecular complexity index is 465. The zero-order valence-electron chi connectivity index (χ0n) is 12.2. The van der Waals surface area contributed by atoms with Crippen LogP contribution in [0, 0.1) is 17.7 Å². The fourth-order valence-corrected chi connectivity index (χ4v) is 1.78. The molecule has 20 heavy (non-hydrogen) atoms. The van der Waals surface area contributed by atoms with Gasteiger partial charge in [-0.3, -0.25) is 4.90 Å². The van der Waals surface area contributed by atoms with Crippen LogP contribution in [0.2, 0.25) is 0 Å². The van der Waals surface area contributed by atoms with Crippen molar-refractivity contribution in [2.75, 3.05) is 33.4 Å². The Morgan fingerprint density at radius 1 is 1.40 bits per heavy atom. The molecule has 0 aliphatic carbocycles. The van der Waals surface area contributed by atoms with Gasteiger partial charge in [-0.2, -0.15) is 0 Å². The standard InChI is InChI=1S/C16H22FNO2/c1-3-18(9-11-20-2)13-15-8-7-14(12-16(15)17)6-4-5-10-19/h7-8,12,19H,3,5,9-11,13H2,1-2H3. The second-order valence-electron chi connectivity index (χ2n) is 4.44. The predicted molar refractivity (Wildman–Crippen MR) is 77.8 cm³/mol. The summed E-state index contributed by atoms with van der Waals surface area (Å²) < 4.78 is 19.0. The molecule has 3 nitrogen and oxygen atoms in total. The van der Waals surface area contributed by atoms with Crippen LogP contribution in [0.25, 0.3) is 0 Å². The minimum atomic E-state index is -0.239. The van der Waals surface area contributed by atoms with Crippen molar-refractivity contribution in [3.63, 3.8) is 0 Å². The first kappa shape index (κ1) is 16.6. The zero-order valence-corrected chi connectivity index (χ0v) is 12.2. The highest BCUT2D eigenvalue weighted by molar-refractivity contribution is 5.37. The van der Waals surface area contributed by atoms with Crippen molar-refractivity contribution in [2.45, 2.75) is 19.9 Å². The lowest BCUT2D eigenvalue weighted by Gasteiger charge is -2.20. The van der Waals surface area contributed by atoms with Crippen molar-refractivity contribution in [2.24, 2.45) is 0 Å². The Morgan fingerprint density at radius 2 is 2.20 bits per heavy atom. The summed E-state index contributed by atoms with van der Waals surface area (Å²) in [5.41, 5.74) is 1.30. The lowest BCUT2D eigenvalue weighted by Crippen LogP contribution is -2.27. The molecule has 0 aromatic heterocycles. The molecule has 1 N–H and O–H groups in total. The van der Waals surface area contributed by atoms with Gasteiger partial charge in [0.15, 0.2) is 0 Å². The molecule has 0 aliphatic heterocycles. The van der Waals surface area contributed by atoms with E-state index in [1.807, 2.05) is 13.0 Å². The normalized spacial score (nSPS) is 10.4. The van der Waals surface area contributed by atoms with E-state index >= 15 is 0 Å². The maximum Gasteiger partial charge on any atom is 0.128 e. The van der Waals surface area contributed by atoms with E-state index < -0.39 is 0 Å². The van der Waals surface area contributed by atoms with E-state index in [-0.39, 0.29) is 12.4 Å². The van der Waals surface area contributed by atoms with E-state index in [1.165, 1.54) is 6.07 Å². The average molecular weight is 279 g/mol. The number of likely N-dealkylation sites (N-methyl/N-ethyl adjacent to an activating group) is 1. The maximum absolute atomic E-state index is 14.0. The van der Waals surface area contributed by atoms with Crippen LogP contribution < -0.4 is 0 Å². The predicted octanol–water partition coefficient (Wildman–Crippen LogP) is 2.03. The quantitative estimate of drug-likeness (QED) is 0.775. The Hall–Kier alpha value is -1.41. The van der Waals surface area contributed by atoms with Crippen molar-refractivity contribution in [3.05, 3.63) is 35.1 Å². The number of ether oxygens (including phenoxy) is 1. The van der Waals surface area contributed by atoms with Gasteiger partial charge in [-0.25, -0.2) is 4.39 Å². The van der Waals surface area contributed by atoms with E-state index in [0.29, 0.717) is 30.7 Å². The van der Waals surface area contributed by atoms with Crippen LogP contribution in [0.1, 0.15) is 24.5 Å². The first-order valence-electron chi connectivity index (χ1n) is 6.80. The Morgan fingerprint density at radius 3 is 2.80 bits per heavy atom. The van der Waals surface area contributed by atoms with Gasteiger partial charge in [0, 0.05) is 37.7 Å². The van der Waals surface area contributed by atoms with Gasteiger partial charge >= 0.3 is 0 Å². The van der Waals surface area contributed by atoms with Crippen LogP contribution in [0.5, 0.6) is 0 Å². The second-order valence-corrected chi connectivity index (χ2v) is 4.44. The molecule has 0 heterocycles. The third kappa shape index (κ3) is 5.70. The van der Waals surface area contributed by atoms with Crippen LogP contribution in [-0.2, 0) is 11.3 Å². The lowest BCUT2D eigenvalue weighted by atomic mass is 10.1. The third-order valence-corrected chi connectivity index (χ3v) is 2.98. The maximum atomic E-state index is 14.0. The summed E-state index contributed by atoms with van der Waals surface area (Å²) in [7, 11) is 1.66. The van der Waals surface area contributed by atoms with Crippen LogP contribution in [0.3, 0.4) is 0 Å². The fraction of sp³-hybridized carbons (Fsp3) is 0.500. The number of hydrogen-bond donors (Lipinski definition) is 1. The van der Waals surface area contributed by atoms with Crippen molar-refractivity contribution in [1.82, 2.24) is 4.90 Å². The average Bonchev–Trinajstić information content (AvgIpc) is 2.46. The van der Waals surface area contributed by atoms with E-state index in [0.717, 1.165) is 13.1 Å². The van der Waals surface area contributed by atoms with Crippen LogP contribution in [-0.4, -0.2) is 43.4 Å². The van der Waals surface area contributed by atoms with Crippen molar-refractivity contribution in [3.8, 4) is 11.8 Å². The molecule has 0 saturated carbocycles. The summed E-state index contributed by atoms with van der Waals surface area (Å²) in [4.78, 5) is 2.12. The molecule has 0 spiro atoms. The van der Waals surface area contributed by atoms with Crippen molar-refractivity contribution >= 4 is 0 Å². The number of aliphatic hydroxyl groups is 1. The second kappa shape index (κ2) is 9.49. The summed E-state index contributed by atoms with van der Waals surface area (Å²) in [6.45, 7) is 4.91. The van der Waals surface area contributed by atoms with Gasteiger partial charge in [-0.15, -0.1) is 0 Å². The number of nitrogens with zero attached hydrogens (tertiary/aromatic N) is 1. The topological polar surface area (TPSA) is 32.7 Å². The van der Waals surface area contributed by atoms with Gasteiger partial charge in [-0.05, 0) is 18.7 Å². The van der Waals surface area contributed by atoms with Gasteiger partial charge in [-0.1, -0.05) is 24.8 Å². The number of hydrogen-bond acceptors (Lipinski definition) is 3. The summed E-state index contributed by atoms with van der Waals surface area (Å²) in [5, 5.41) is 8.65. The highest BCUT2D eigenvalue weighted by Gasteiger charge is 2.08. The number of halogens is 1. The Balaban J connectivity index is 2.70.